The maximum atomic E-state index is 13.4. The molecule has 2 rings (SSSR count). The van der Waals surface area contributed by atoms with Crippen molar-refractivity contribution in [2.45, 2.75) is 25.8 Å². The van der Waals surface area contributed by atoms with Gasteiger partial charge in [-0.2, -0.15) is 0 Å². The highest BCUT2D eigenvalue weighted by molar-refractivity contribution is 6.07. The second-order valence-electron chi connectivity index (χ2n) is 4.69. The van der Waals surface area contributed by atoms with Gasteiger partial charge in [0.25, 0.3) is 0 Å². The molecule has 1 aromatic rings. The van der Waals surface area contributed by atoms with Gasteiger partial charge in [-0.3, -0.25) is 4.79 Å². The molecule has 90 valence electrons. The minimum Gasteiger partial charge on any atom is -0.478 e. The lowest BCUT2D eigenvalue weighted by molar-refractivity contribution is 0.0990. The first-order chi connectivity index (χ1) is 7.98. The van der Waals surface area contributed by atoms with E-state index in [0.717, 1.165) is 0 Å². The lowest BCUT2D eigenvalue weighted by atomic mass is 10.1. The fourth-order valence-corrected chi connectivity index (χ4v) is 1.67. The predicted molar refractivity (Wildman–Crippen MR) is 62.8 cm³/mol. The van der Waals surface area contributed by atoms with Crippen LogP contribution in [0.1, 0.15) is 30.6 Å². The molecule has 0 atom stereocenters. The van der Waals surface area contributed by atoms with Crippen molar-refractivity contribution in [1.82, 2.24) is 0 Å². The first-order valence-corrected chi connectivity index (χ1v) is 5.47. The van der Waals surface area contributed by atoms with E-state index in [4.69, 9.17) is 4.74 Å². The van der Waals surface area contributed by atoms with E-state index in [9.17, 15) is 9.18 Å². The van der Waals surface area contributed by atoms with Crippen LogP contribution in [0.4, 0.5) is 4.39 Å². The minimum absolute atomic E-state index is 0.0182. The number of hydrogen-bond donors (Lipinski definition) is 0. The molecule has 1 aliphatic heterocycles. The molecule has 1 aromatic carbocycles. The largest absolute Gasteiger partial charge is 0.478 e. The van der Waals surface area contributed by atoms with Gasteiger partial charge in [0, 0.05) is 0 Å². The predicted octanol–water partition coefficient (Wildman–Crippen LogP) is 2.61. The van der Waals surface area contributed by atoms with Crippen molar-refractivity contribution in [1.29, 1.82) is 0 Å². The van der Waals surface area contributed by atoms with Gasteiger partial charge in [-0.15, -0.1) is 0 Å². The first kappa shape index (κ1) is 11.8. The average Bonchev–Trinajstić information content (AvgIpc) is 2.58. The lowest BCUT2D eigenvalue weighted by Gasteiger charge is -2.07. The molecule has 17 heavy (non-hydrogen) atoms. The number of Topliss-reactive ketones (excluding diaryl/α,β-unsaturated/α-hetero) is 1. The number of rotatable bonds is 3. The van der Waals surface area contributed by atoms with E-state index in [1.807, 2.05) is 13.8 Å². The molecule has 0 N–H and O–H groups in total. The van der Waals surface area contributed by atoms with E-state index in [1.165, 1.54) is 12.1 Å². The van der Waals surface area contributed by atoms with Gasteiger partial charge in [0.05, 0.1) is 17.5 Å². The van der Waals surface area contributed by atoms with Crippen LogP contribution in [-0.4, -0.2) is 23.8 Å². The number of nitrogens with zero attached hydrogens (tertiary/aromatic N) is 1. The van der Waals surface area contributed by atoms with E-state index in [-0.39, 0.29) is 23.3 Å². The highest BCUT2D eigenvalue weighted by atomic mass is 19.1. The topological polar surface area (TPSA) is 38.7 Å². The van der Waals surface area contributed by atoms with Crippen molar-refractivity contribution >= 4 is 11.7 Å². The molecule has 4 heteroatoms. The third kappa shape index (κ3) is 2.70. The second-order valence-corrected chi connectivity index (χ2v) is 4.69. The average molecular weight is 235 g/mol. The van der Waals surface area contributed by atoms with Gasteiger partial charge in [0.15, 0.2) is 11.7 Å². The maximum Gasteiger partial charge on any atom is 0.191 e. The van der Waals surface area contributed by atoms with E-state index in [1.54, 1.807) is 12.1 Å². The Morgan fingerprint density at radius 1 is 1.47 bits per heavy atom. The minimum atomic E-state index is -0.504. The van der Waals surface area contributed by atoms with Gasteiger partial charge in [-0.25, -0.2) is 9.38 Å². The second kappa shape index (κ2) is 4.28. The molecule has 1 heterocycles. The first-order valence-electron chi connectivity index (χ1n) is 5.47. The molecule has 0 unspecified atom stereocenters. The summed E-state index contributed by atoms with van der Waals surface area (Å²) in [6, 6.07) is 5.93. The Morgan fingerprint density at radius 3 is 2.76 bits per heavy atom. The van der Waals surface area contributed by atoms with E-state index < -0.39 is 5.82 Å². The summed E-state index contributed by atoms with van der Waals surface area (Å²) in [5.74, 6) is -0.418. The van der Waals surface area contributed by atoms with Crippen molar-refractivity contribution in [3.05, 3.63) is 35.6 Å². The Balaban J connectivity index is 2.11. The number of ether oxygens (including phenoxy) is 1. The summed E-state index contributed by atoms with van der Waals surface area (Å²) in [6.07, 6.45) is 0.0182. The van der Waals surface area contributed by atoms with Crippen molar-refractivity contribution < 1.29 is 13.9 Å². The van der Waals surface area contributed by atoms with Crippen molar-refractivity contribution in [2.24, 2.45) is 4.99 Å². The summed E-state index contributed by atoms with van der Waals surface area (Å²) in [7, 11) is 0. The van der Waals surface area contributed by atoms with Gasteiger partial charge in [0.1, 0.15) is 12.4 Å². The fourth-order valence-electron chi connectivity index (χ4n) is 1.67. The summed E-state index contributed by atoms with van der Waals surface area (Å²) in [6.45, 7) is 4.31. The van der Waals surface area contributed by atoms with Crippen LogP contribution in [0.3, 0.4) is 0 Å². The SMILES string of the molecule is CC1(C)COC(CC(=O)c2ccccc2F)=N1. The van der Waals surface area contributed by atoms with Crippen molar-refractivity contribution in [2.75, 3.05) is 6.61 Å². The van der Waals surface area contributed by atoms with Gasteiger partial charge in [-0.1, -0.05) is 12.1 Å². The molecule has 0 aliphatic carbocycles. The molecule has 0 saturated heterocycles. The lowest BCUT2D eigenvalue weighted by Crippen LogP contribution is -2.17. The van der Waals surface area contributed by atoms with E-state index in [2.05, 4.69) is 4.99 Å². The molecular weight excluding hydrogens is 221 g/mol. The highest BCUT2D eigenvalue weighted by Gasteiger charge is 2.27. The quantitative estimate of drug-likeness (QED) is 0.755. The molecule has 0 fully saturated rings. The van der Waals surface area contributed by atoms with Crippen LogP contribution in [0.25, 0.3) is 0 Å². The van der Waals surface area contributed by atoms with Gasteiger partial charge >= 0.3 is 0 Å². The third-order valence-electron chi connectivity index (χ3n) is 2.51. The Morgan fingerprint density at radius 2 is 2.18 bits per heavy atom. The number of ketones is 1. The summed E-state index contributed by atoms with van der Waals surface area (Å²) in [5, 5.41) is 0. The number of carbonyl (C=O) groups is 1. The Bertz CT molecular complexity index is 480. The van der Waals surface area contributed by atoms with Crippen LogP contribution in [0.15, 0.2) is 29.3 Å². The monoisotopic (exact) mass is 235 g/mol. The maximum absolute atomic E-state index is 13.4. The van der Waals surface area contributed by atoms with Gasteiger partial charge in [0.2, 0.25) is 0 Å². The van der Waals surface area contributed by atoms with Crippen LogP contribution in [0.2, 0.25) is 0 Å². The van der Waals surface area contributed by atoms with Crippen molar-refractivity contribution in [3.63, 3.8) is 0 Å². The zero-order valence-corrected chi connectivity index (χ0v) is 9.87. The molecule has 0 aromatic heterocycles. The molecule has 0 radical (unpaired) electrons. The highest BCUT2D eigenvalue weighted by Crippen LogP contribution is 2.19. The summed E-state index contributed by atoms with van der Waals surface area (Å²) >= 11 is 0. The molecular formula is C13H14FNO2. The van der Waals surface area contributed by atoms with E-state index >= 15 is 0 Å². The zero-order valence-electron chi connectivity index (χ0n) is 9.87. The van der Waals surface area contributed by atoms with Gasteiger partial charge < -0.3 is 4.74 Å². The zero-order chi connectivity index (χ0) is 12.5. The number of benzene rings is 1. The van der Waals surface area contributed by atoms with Crippen LogP contribution in [0.5, 0.6) is 0 Å². The summed E-state index contributed by atoms with van der Waals surface area (Å²) in [4.78, 5) is 16.1. The van der Waals surface area contributed by atoms with Crippen LogP contribution < -0.4 is 0 Å². The number of aliphatic imine (C=N–C) groups is 1. The molecule has 0 spiro atoms. The third-order valence-corrected chi connectivity index (χ3v) is 2.51. The standard InChI is InChI=1S/C13H14FNO2/c1-13(2)8-17-12(15-13)7-11(16)9-5-3-4-6-10(9)14/h3-6H,7-8H2,1-2H3. The number of hydrogen-bond acceptors (Lipinski definition) is 3. The smallest absolute Gasteiger partial charge is 0.191 e. The number of halogens is 1. The van der Waals surface area contributed by atoms with Crippen LogP contribution in [-0.2, 0) is 4.74 Å². The molecule has 0 saturated carbocycles. The summed E-state index contributed by atoms with van der Waals surface area (Å²) < 4.78 is 18.7. The molecule has 1 aliphatic rings. The summed E-state index contributed by atoms with van der Waals surface area (Å²) in [5.41, 5.74) is -0.200. The van der Waals surface area contributed by atoms with Crippen LogP contribution >= 0.6 is 0 Å². The van der Waals surface area contributed by atoms with Crippen LogP contribution in [0, 0.1) is 5.82 Å². The Kier molecular flexibility index (Phi) is 2.96. The molecule has 3 nitrogen and oxygen atoms in total. The molecule has 0 bridgehead atoms. The fraction of sp³-hybridized carbons (Fsp3) is 0.385. The van der Waals surface area contributed by atoms with E-state index in [0.29, 0.717) is 12.5 Å². The normalized spacial score (nSPS) is 17.5. The van der Waals surface area contributed by atoms with Gasteiger partial charge in [-0.05, 0) is 26.0 Å². The Labute approximate surface area is 99.3 Å². The van der Waals surface area contributed by atoms with Crippen molar-refractivity contribution in [3.8, 4) is 0 Å². The molecule has 0 amide bonds. The Hall–Kier alpha value is -1.71. The number of carbonyl (C=O) groups excluding carboxylic acids is 1.